The summed E-state index contributed by atoms with van der Waals surface area (Å²) in [6, 6.07) is 11.0. The lowest BCUT2D eigenvalue weighted by Crippen LogP contribution is -2.13. The van der Waals surface area contributed by atoms with Crippen LogP contribution < -0.4 is 5.32 Å². The fourth-order valence-corrected chi connectivity index (χ4v) is 3.69. The first-order chi connectivity index (χ1) is 12.0. The summed E-state index contributed by atoms with van der Waals surface area (Å²) in [7, 11) is 0. The van der Waals surface area contributed by atoms with Crippen molar-refractivity contribution >= 4 is 34.1 Å². The summed E-state index contributed by atoms with van der Waals surface area (Å²) in [4.78, 5) is 12.0. The Hall–Kier alpha value is -2.32. The van der Waals surface area contributed by atoms with Crippen molar-refractivity contribution in [3.8, 4) is 0 Å². The molecule has 0 saturated heterocycles. The number of halogens is 2. The smallest absolute Gasteiger partial charge is 0.260 e. The molecule has 0 atom stereocenters. The Morgan fingerprint density at radius 2 is 1.92 bits per heavy atom. The SMILES string of the molecule is Cc1ccc(CSc2nnc(NC(=O)c3ccc(F)cc3F)s2)cc1. The zero-order chi connectivity index (χ0) is 17.8. The number of benzene rings is 2. The molecule has 1 heterocycles. The minimum Gasteiger partial charge on any atom is -0.296 e. The molecule has 25 heavy (non-hydrogen) atoms. The van der Waals surface area contributed by atoms with Crippen LogP contribution in [-0.4, -0.2) is 16.1 Å². The normalized spacial score (nSPS) is 10.7. The van der Waals surface area contributed by atoms with E-state index in [1.165, 1.54) is 28.7 Å². The number of amides is 1. The molecule has 0 spiro atoms. The summed E-state index contributed by atoms with van der Waals surface area (Å²) in [6.45, 7) is 2.03. The number of nitrogens with zero attached hydrogens (tertiary/aromatic N) is 2. The summed E-state index contributed by atoms with van der Waals surface area (Å²) in [5, 5.41) is 10.6. The van der Waals surface area contributed by atoms with Gasteiger partial charge in [-0.1, -0.05) is 52.9 Å². The Kier molecular flexibility index (Phi) is 5.40. The second kappa shape index (κ2) is 7.71. The summed E-state index contributed by atoms with van der Waals surface area (Å²) in [5.41, 5.74) is 2.11. The van der Waals surface area contributed by atoms with Crippen molar-refractivity contribution in [1.82, 2.24) is 10.2 Å². The molecular formula is C17H13F2N3OS2. The van der Waals surface area contributed by atoms with E-state index in [2.05, 4.69) is 15.5 Å². The van der Waals surface area contributed by atoms with E-state index in [0.717, 1.165) is 23.4 Å². The molecule has 0 aliphatic rings. The lowest BCUT2D eigenvalue weighted by molar-refractivity contribution is 0.102. The van der Waals surface area contributed by atoms with Gasteiger partial charge in [-0.2, -0.15) is 0 Å². The number of carbonyl (C=O) groups excluding carboxylic acids is 1. The molecule has 0 fully saturated rings. The van der Waals surface area contributed by atoms with E-state index in [1.54, 1.807) is 0 Å². The Morgan fingerprint density at radius 1 is 1.16 bits per heavy atom. The van der Waals surface area contributed by atoms with Gasteiger partial charge in [-0.25, -0.2) is 8.78 Å². The zero-order valence-electron chi connectivity index (χ0n) is 13.1. The van der Waals surface area contributed by atoms with Gasteiger partial charge in [0.25, 0.3) is 5.91 Å². The maximum Gasteiger partial charge on any atom is 0.260 e. The van der Waals surface area contributed by atoms with Gasteiger partial charge >= 0.3 is 0 Å². The molecule has 0 aliphatic carbocycles. The monoisotopic (exact) mass is 377 g/mol. The maximum atomic E-state index is 13.6. The van der Waals surface area contributed by atoms with Crippen molar-refractivity contribution in [3.63, 3.8) is 0 Å². The van der Waals surface area contributed by atoms with Gasteiger partial charge in [0.05, 0.1) is 5.56 Å². The largest absolute Gasteiger partial charge is 0.296 e. The number of hydrogen-bond acceptors (Lipinski definition) is 5. The molecule has 8 heteroatoms. The molecule has 0 unspecified atom stereocenters. The second-order valence-electron chi connectivity index (χ2n) is 5.23. The fourth-order valence-electron chi connectivity index (χ4n) is 1.99. The fraction of sp³-hybridized carbons (Fsp3) is 0.118. The van der Waals surface area contributed by atoms with E-state index in [9.17, 15) is 13.6 Å². The topological polar surface area (TPSA) is 54.9 Å². The van der Waals surface area contributed by atoms with Gasteiger partial charge in [0.2, 0.25) is 5.13 Å². The molecule has 3 rings (SSSR count). The molecule has 4 nitrogen and oxygen atoms in total. The van der Waals surface area contributed by atoms with Gasteiger partial charge < -0.3 is 0 Å². The van der Waals surface area contributed by atoms with E-state index in [4.69, 9.17) is 0 Å². The van der Waals surface area contributed by atoms with Crippen LogP contribution in [-0.2, 0) is 5.75 Å². The lowest BCUT2D eigenvalue weighted by atomic mass is 10.2. The predicted molar refractivity (Wildman–Crippen MR) is 95.0 cm³/mol. The third-order valence-corrected chi connectivity index (χ3v) is 5.33. The second-order valence-corrected chi connectivity index (χ2v) is 7.43. The quantitative estimate of drug-likeness (QED) is 0.519. The number of thioether (sulfide) groups is 1. The lowest BCUT2D eigenvalue weighted by Gasteiger charge is -2.02. The maximum absolute atomic E-state index is 13.6. The number of aromatic nitrogens is 2. The highest BCUT2D eigenvalue weighted by Crippen LogP contribution is 2.28. The first-order valence-electron chi connectivity index (χ1n) is 7.29. The minimum atomic E-state index is -0.920. The van der Waals surface area contributed by atoms with Gasteiger partial charge in [-0.15, -0.1) is 10.2 Å². The third kappa shape index (κ3) is 4.61. The molecule has 0 bridgehead atoms. The van der Waals surface area contributed by atoms with E-state index in [0.29, 0.717) is 10.4 Å². The number of anilines is 1. The molecule has 2 aromatic carbocycles. The van der Waals surface area contributed by atoms with Crippen LogP contribution in [0, 0.1) is 18.6 Å². The number of hydrogen-bond donors (Lipinski definition) is 1. The Bertz CT molecular complexity index is 897. The van der Waals surface area contributed by atoms with Crippen LogP contribution >= 0.6 is 23.1 Å². The minimum absolute atomic E-state index is 0.245. The molecule has 128 valence electrons. The Labute approximate surface area is 151 Å². The molecular weight excluding hydrogens is 364 g/mol. The van der Waals surface area contributed by atoms with Crippen LogP contribution in [0.15, 0.2) is 46.8 Å². The standard InChI is InChI=1S/C17H13F2N3OS2/c1-10-2-4-11(5-3-10)9-24-17-22-21-16(25-17)20-15(23)13-7-6-12(18)8-14(13)19/h2-8H,9H2,1H3,(H,20,21,23). The average Bonchev–Trinajstić information content (AvgIpc) is 3.01. The van der Waals surface area contributed by atoms with Gasteiger partial charge in [-0.3, -0.25) is 10.1 Å². The first-order valence-corrected chi connectivity index (χ1v) is 9.10. The van der Waals surface area contributed by atoms with Gasteiger partial charge in [-0.05, 0) is 24.6 Å². The van der Waals surface area contributed by atoms with E-state index in [-0.39, 0.29) is 10.7 Å². The number of rotatable bonds is 5. The van der Waals surface area contributed by atoms with Crippen LogP contribution in [0.1, 0.15) is 21.5 Å². The van der Waals surface area contributed by atoms with Crippen LogP contribution in [0.2, 0.25) is 0 Å². The van der Waals surface area contributed by atoms with Gasteiger partial charge in [0, 0.05) is 11.8 Å². The van der Waals surface area contributed by atoms with Crippen LogP contribution in [0.3, 0.4) is 0 Å². The molecule has 0 radical (unpaired) electrons. The van der Waals surface area contributed by atoms with Crippen LogP contribution in [0.25, 0.3) is 0 Å². The number of carbonyl (C=O) groups is 1. The molecule has 1 aromatic heterocycles. The van der Waals surface area contributed by atoms with Crippen molar-refractivity contribution in [2.24, 2.45) is 0 Å². The first kappa shape index (κ1) is 17.5. The summed E-state index contributed by atoms with van der Waals surface area (Å²) in [5.74, 6) is -1.62. The summed E-state index contributed by atoms with van der Waals surface area (Å²) >= 11 is 2.70. The highest BCUT2D eigenvalue weighted by atomic mass is 32.2. The van der Waals surface area contributed by atoms with Gasteiger partial charge in [0.15, 0.2) is 4.34 Å². The Morgan fingerprint density at radius 3 is 2.64 bits per heavy atom. The zero-order valence-corrected chi connectivity index (χ0v) is 14.8. The van der Waals surface area contributed by atoms with E-state index < -0.39 is 17.5 Å². The number of aryl methyl sites for hydroxylation is 1. The van der Waals surface area contributed by atoms with Crippen molar-refractivity contribution in [2.45, 2.75) is 17.0 Å². The predicted octanol–water partition coefficient (Wildman–Crippen LogP) is 4.67. The van der Waals surface area contributed by atoms with E-state index >= 15 is 0 Å². The van der Waals surface area contributed by atoms with Crippen molar-refractivity contribution in [3.05, 3.63) is 70.8 Å². The molecule has 0 saturated carbocycles. The van der Waals surface area contributed by atoms with E-state index in [1.807, 2.05) is 31.2 Å². The van der Waals surface area contributed by atoms with Crippen molar-refractivity contribution in [1.29, 1.82) is 0 Å². The van der Waals surface area contributed by atoms with Crippen LogP contribution in [0.5, 0.6) is 0 Å². The number of nitrogens with one attached hydrogen (secondary N) is 1. The van der Waals surface area contributed by atoms with Crippen molar-refractivity contribution in [2.75, 3.05) is 5.32 Å². The average molecular weight is 377 g/mol. The highest BCUT2D eigenvalue weighted by molar-refractivity contribution is 8.00. The third-order valence-electron chi connectivity index (χ3n) is 3.29. The molecule has 0 aliphatic heterocycles. The highest BCUT2D eigenvalue weighted by Gasteiger charge is 2.15. The molecule has 1 amide bonds. The Balaban J connectivity index is 1.61. The van der Waals surface area contributed by atoms with Gasteiger partial charge in [0.1, 0.15) is 11.6 Å². The molecule has 3 aromatic rings. The van der Waals surface area contributed by atoms with Crippen LogP contribution in [0.4, 0.5) is 13.9 Å². The summed E-state index contributed by atoms with van der Waals surface area (Å²) < 4.78 is 27.2. The molecule has 1 N–H and O–H groups in total. The summed E-state index contributed by atoms with van der Waals surface area (Å²) in [6.07, 6.45) is 0. The van der Waals surface area contributed by atoms with Crippen molar-refractivity contribution < 1.29 is 13.6 Å².